The molecule has 0 unspecified atom stereocenters. The standard InChI is InChI=1S/C19H20F3NO4/c1-25-15-8-13(9-16(26-2)18(15)27-3)10-17(24)23-11-12-5-4-6-14(7-12)19(20,21)22/h4-9H,10-11H2,1-3H3,(H,23,24). The average molecular weight is 383 g/mol. The van der Waals surface area contributed by atoms with Crippen LogP contribution in [0.25, 0.3) is 0 Å². The Labute approximate surface area is 155 Å². The van der Waals surface area contributed by atoms with Gasteiger partial charge < -0.3 is 19.5 Å². The maximum Gasteiger partial charge on any atom is 0.416 e. The molecular formula is C19H20F3NO4. The quantitative estimate of drug-likeness (QED) is 0.794. The van der Waals surface area contributed by atoms with Gasteiger partial charge in [0.1, 0.15) is 0 Å². The lowest BCUT2D eigenvalue weighted by atomic mass is 10.1. The molecule has 1 N–H and O–H groups in total. The van der Waals surface area contributed by atoms with Crippen molar-refractivity contribution >= 4 is 5.91 Å². The smallest absolute Gasteiger partial charge is 0.416 e. The van der Waals surface area contributed by atoms with Gasteiger partial charge in [-0.2, -0.15) is 13.2 Å². The van der Waals surface area contributed by atoms with Crippen molar-refractivity contribution in [3.63, 3.8) is 0 Å². The second-order valence-corrected chi connectivity index (χ2v) is 5.69. The van der Waals surface area contributed by atoms with E-state index >= 15 is 0 Å². The summed E-state index contributed by atoms with van der Waals surface area (Å²) in [4.78, 5) is 12.2. The number of methoxy groups -OCH3 is 3. The Morgan fingerprint density at radius 1 is 0.963 bits per heavy atom. The van der Waals surface area contributed by atoms with Crippen molar-refractivity contribution < 1.29 is 32.2 Å². The number of halogens is 3. The minimum atomic E-state index is -4.42. The van der Waals surface area contributed by atoms with Crippen molar-refractivity contribution in [2.75, 3.05) is 21.3 Å². The monoisotopic (exact) mass is 383 g/mol. The Morgan fingerprint density at radius 3 is 2.11 bits per heavy atom. The van der Waals surface area contributed by atoms with Crippen LogP contribution in [-0.2, 0) is 23.9 Å². The third kappa shape index (κ3) is 5.29. The molecule has 0 aliphatic rings. The van der Waals surface area contributed by atoms with E-state index in [1.165, 1.54) is 33.5 Å². The second-order valence-electron chi connectivity index (χ2n) is 5.69. The van der Waals surface area contributed by atoms with Crippen molar-refractivity contribution in [3.05, 3.63) is 53.1 Å². The van der Waals surface area contributed by atoms with Crippen molar-refractivity contribution in [1.29, 1.82) is 0 Å². The number of ether oxygens (including phenoxy) is 3. The number of hydrogen-bond acceptors (Lipinski definition) is 4. The zero-order valence-corrected chi connectivity index (χ0v) is 15.1. The Kier molecular flexibility index (Phi) is 6.55. The van der Waals surface area contributed by atoms with Crippen LogP contribution < -0.4 is 19.5 Å². The van der Waals surface area contributed by atoms with Gasteiger partial charge in [-0.25, -0.2) is 0 Å². The normalized spacial score (nSPS) is 11.0. The van der Waals surface area contributed by atoms with Crippen LogP contribution in [0.3, 0.4) is 0 Å². The first-order valence-electron chi connectivity index (χ1n) is 8.00. The van der Waals surface area contributed by atoms with Gasteiger partial charge in [0, 0.05) is 6.54 Å². The maximum absolute atomic E-state index is 12.7. The molecule has 2 rings (SSSR count). The summed E-state index contributed by atoms with van der Waals surface area (Å²) >= 11 is 0. The molecule has 5 nitrogen and oxygen atoms in total. The maximum atomic E-state index is 12.7. The molecule has 0 spiro atoms. The fraction of sp³-hybridized carbons (Fsp3) is 0.316. The minimum absolute atomic E-state index is 0.00677. The van der Waals surface area contributed by atoms with E-state index < -0.39 is 11.7 Å². The van der Waals surface area contributed by atoms with Gasteiger partial charge in [-0.15, -0.1) is 0 Å². The lowest BCUT2D eigenvalue weighted by Crippen LogP contribution is -2.24. The summed E-state index contributed by atoms with van der Waals surface area (Å²) in [7, 11) is 4.41. The zero-order valence-electron chi connectivity index (χ0n) is 15.1. The van der Waals surface area contributed by atoms with Crippen LogP contribution in [0.1, 0.15) is 16.7 Å². The highest BCUT2D eigenvalue weighted by molar-refractivity contribution is 5.79. The molecule has 0 aliphatic heterocycles. The van der Waals surface area contributed by atoms with E-state index in [0.717, 1.165) is 12.1 Å². The van der Waals surface area contributed by atoms with Crippen LogP contribution in [0.2, 0.25) is 0 Å². The van der Waals surface area contributed by atoms with Crippen molar-refractivity contribution in [2.45, 2.75) is 19.1 Å². The van der Waals surface area contributed by atoms with E-state index in [9.17, 15) is 18.0 Å². The number of rotatable bonds is 7. The Hall–Kier alpha value is -2.90. The molecule has 0 atom stereocenters. The molecule has 0 saturated carbocycles. The molecule has 146 valence electrons. The predicted octanol–water partition coefficient (Wildman–Crippen LogP) is 3.59. The summed E-state index contributed by atoms with van der Waals surface area (Å²) < 4.78 is 53.9. The number of carbonyl (C=O) groups excluding carboxylic acids is 1. The van der Waals surface area contributed by atoms with Gasteiger partial charge in [-0.05, 0) is 35.4 Å². The highest BCUT2D eigenvalue weighted by atomic mass is 19.4. The molecule has 0 heterocycles. The molecule has 0 saturated heterocycles. The summed E-state index contributed by atoms with van der Waals surface area (Å²) in [6.07, 6.45) is -4.41. The summed E-state index contributed by atoms with van der Waals surface area (Å²) in [5.74, 6) is 0.893. The summed E-state index contributed by atoms with van der Waals surface area (Å²) in [5, 5.41) is 2.61. The molecule has 27 heavy (non-hydrogen) atoms. The van der Waals surface area contributed by atoms with Gasteiger partial charge in [-0.1, -0.05) is 12.1 Å². The number of benzene rings is 2. The van der Waals surface area contributed by atoms with Crippen molar-refractivity contribution in [1.82, 2.24) is 5.32 Å². The van der Waals surface area contributed by atoms with E-state index in [0.29, 0.717) is 28.4 Å². The molecule has 0 fully saturated rings. The SMILES string of the molecule is COc1cc(CC(=O)NCc2cccc(C(F)(F)F)c2)cc(OC)c1OC. The molecule has 2 aromatic rings. The summed E-state index contributed by atoms with van der Waals surface area (Å²) in [5.41, 5.74) is 0.230. The van der Waals surface area contributed by atoms with Gasteiger partial charge in [0.2, 0.25) is 11.7 Å². The molecule has 1 amide bonds. The molecule has 0 bridgehead atoms. The first kappa shape index (κ1) is 20.4. The predicted molar refractivity (Wildman–Crippen MR) is 93.1 cm³/mol. The van der Waals surface area contributed by atoms with E-state index in [1.807, 2.05) is 0 Å². The van der Waals surface area contributed by atoms with Crippen LogP contribution in [0.15, 0.2) is 36.4 Å². The lowest BCUT2D eigenvalue weighted by molar-refractivity contribution is -0.137. The molecule has 2 aromatic carbocycles. The van der Waals surface area contributed by atoms with E-state index in [2.05, 4.69) is 5.32 Å². The minimum Gasteiger partial charge on any atom is -0.493 e. The number of hydrogen-bond donors (Lipinski definition) is 1. The van der Waals surface area contributed by atoms with Crippen LogP contribution in [0.4, 0.5) is 13.2 Å². The van der Waals surface area contributed by atoms with Gasteiger partial charge in [0.15, 0.2) is 11.5 Å². The third-order valence-corrected chi connectivity index (χ3v) is 3.83. The summed E-state index contributed by atoms with van der Waals surface area (Å²) in [6, 6.07) is 8.12. The highest BCUT2D eigenvalue weighted by Gasteiger charge is 2.30. The first-order valence-corrected chi connectivity index (χ1v) is 8.00. The van der Waals surface area contributed by atoms with Gasteiger partial charge >= 0.3 is 6.18 Å². The van der Waals surface area contributed by atoms with E-state index in [4.69, 9.17) is 14.2 Å². The summed E-state index contributed by atoms with van der Waals surface area (Å²) in [6.45, 7) is -0.00677. The lowest BCUT2D eigenvalue weighted by Gasteiger charge is -2.14. The van der Waals surface area contributed by atoms with Gasteiger partial charge in [-0.3, -0.25) is 4.79 Å². The van der Waals surface area contributed by atoms with Crippen molar-refractivity contribution in [2.24, 2.45) is 0 Å². The topological polar surface area (TPSA) is 56.8 Å². The zero-order chi connectivity index (χ0) is 20.0. The second kappa shape index (κ2) is 8.66. The molecule has 0 aromatic heterocycles. The average Bonchev–Trinajstić information content (AvgIpc) is 2.65. The Bertz CT molecular complexity index is 781. The van der Waals surface area contributed by atoms with Crippen LogP contribution >= 0.6 is 0 Å². The van der Waals surface area contributed by atoms with E-state index in [-0.39, 0.29) is 18.9 Å². The van der Waals surface area contributed by atoms with Crippen molar-refractivity contribution in [3.8, 4) is 17.2 Å². The van der Waals surface area contributed by atoms with Crippen LogP contribution in [-0.4, -0.2) is 27.2 Å². The fourth-order valence-corrected chi connectivity index (χ4v) is 2.54. The van der Waals surface area contributed by atoms with E-state index in [1.54, 1.807) is 12.1 Å². The number of nitrogens with one attached hydrogen (secondary N) is 1. The van der Waals surface area contributed by atoms with Crippen LogP contribution in [0, 0.1) is 0 Å². The number of carbonyl (C=O) groups is 1. The molecule has 0 aliphatic carbocycles. The largest absolute Gasteiger partial charge is 0.493 e. The van der Waals surface area contributed by atoms with Gasteiger partial charge in [0.25, 0.3) is 0 Å². The van der Waals surface area contributed by atoms with Crippen LogP contribution in [0.5, 0.6) is 17.2 Å². The van der Waals surface area contributed by atoms with Gasteiger partial charge in [0.05, 0.1) is 33.3 Å². The Balaban J connectivity index is 2.06. The first-order chi connectivity index (χ1) is 12.8. The Morgan fingerprint density at radius 2 is 1.59 bits per heavy atom. The molecular weight excluding hydrogens is 363 g/mol. The highest BCUT2D eigenvalue weighted by Crippen LogP contribution is 2.38. The molecule has 0 radical (unpaired) electrons. The number of amides is 1. The number of alkyl halides is 3. The fourth-order valence-electron chi connectivity index (χ4n) is 2.54. The third-order valence-electron chi connectivity index (χ3n) is 3.83. The molecule has 8 heteroatoms.